The lowest BCUT2D eigenvalue weighted by molar-refractivity contribution is -0.137. The number of benzene rings is 2. The van der Waals surface area contributed by atoms with Crippen LogP contribution < -0.4 is 10.1 Å². The van der Waals surface area contributed by atoms with E-state index in [1.54, 1.807) is 37.4 Å². The molecule has 112 valence electrons. The molecule has 2 nitrogen and oxygen atoms in total. The quantitative estimate of drug-likeness (QED) is 0.820. The molecule has 0 aliphatic heterocycles. The molecule has 0 spiro atoms. The third-order valence-corrected chi connectivity index (χ3v) is 3.42. The molecular weight excluding hydrogens is 347 g/mol. The zero-order valence-corrected chi connectivity index (χ0v) is 12.8. The highest BCUT2D eigenvalue weighted by molar-refractivity contribution is 9.10. The molecule has 21 heavy (non-hydrogen) atoms. The van der Waals surface area contributed by atoms with Crippen molar-refractivity contribution in [1.82, 2.24) is 0 Å². The van der Waals surface area contributed by atoms with E-state index in [-0.39, 0.29) is 5.69 Å². The highest BCUT2D eigenvalue weighted by Gasteiger charge is 2.33. The fourth-order valence-corrected chi connectivity index (χ4v) is 2.21. The summed E-state index contributed by atoms with van der Waals surface area (Å²) in [5.41, 5.74) is 0.235. The van der Waals surface area contributed by atoms with E-state index in [9.17, 15) is 13.2 Å². The monoisotopic (exact) mass is 359 g/mol. The predicted octanol–water partition coefficient (Wildman–Crippen LogP) is 5.09. The molecule has 0 saturated carbocycles. The van der Waals surface area contributed by atoms with Gasteiger partial charge < -0.3 is 10.1 Å². The summed E-state index contributed by atoms with van der Waals surface area (Å²) in [4.78, 5) is 0. The van der Waals surface area contributed by atoms with Gasteiger partial charge in [-0.25, -0.2) is 0 Å². The molecule has 0 amide bonds. The molecule has 0 aromatic heterocycles. The zero-order chi connectivity index (χ0) is 15.5. The summed E-state index contributed by atoms with van der Waals surface area (Å²) in [6.07, 6.45) is -4.40. The standard InChI is InChI=1S/C15H13BrF3NO/c1-21-12-5-2-10(3-6-12)9-20-14-7-4-11(16)8-13(14)15(17,18)19/h2-8,20H,9H2,1H3. The van der Waals surface area contributed by atoms with Crippen molar-refractivity contribution in [3.8, 4) is 5.75 Å². The van der Waals surface area contributed by atoms with Crippen LogP contribution in [-0.4, -0.2) is 7.11 Å². The second-order valence-electron chi connectivity index (χ2n) is 4.39. The Bertz CT molecular complexity index is 611. The molecule has 0 saturated heterocycles. The van der Waals surface area contributed by atoms with Gasteiger partial charge in [-0.3, -0.25) is 0 Å². The Morgan fingerprint density at radius 1 is 1.10 bits per heavy atom. The van der Waals surface area contributed by atoms with E-state index in [2.05, 4.69) is 21.2 Å². The van der Waals surface area contributed by atoms with Crippen LogP contribution in [0.4, 0.5) is 18.9 Å². The fraction of sp³-hybridized carbons (Fsp3) is 0.200. The second kappa shape index (κ2) is 6.39. The van der Waals surface area contributed by atoms with Crippen molar-refractivity contribution in [2.75, 3.05) is 12.4 Å². The molecule has 0 heterocycles. The maximum atomic E-state index is 13.0. The van der Waals surface area contributed by atoms with Crippen LogP contribution in [0.5, 0.6) is 5.75 Å². The van der Waals surface area contributed by atoms with Crippen LogP contribution in [0, 0.1) is 0 Å². The maximum absolute atomic E-state index is 13.0. The Kier molecular flexibility index (Phi) is 4.77. The number of halogens is 4. The van der Waals surface area contributed by atoms with Crippen LogP contribution in [0.15, 0.2) is 46.9 Å². The van der Waals surface area contributed by atoms with Crippen LogP contribution in [0.25, 0.3) is 0 Å². The summed E-state index contributed by atoms with van der Waals surface area (Å²) in [6.45, 7) is 0.300. The van der Waals surface area contributed by atoms with Crippen LogP contribution in [0.1, 0.15) is 11.1 Å². The van der Waals surface area contributed by atoms with E-state index in [4.69, 9.17) is 4.74 Å². The van der Waals surface area contributed by atoms with Gasteiger partial charge in [0.15, 0.2) is 0 Å². The SMILES string of the molecule is COc1ccc(CNc2ccc(Br)cc2C(F)(F)F)cc1. The molecule has 2 aromatic carbocycles. The van der Waals surface area contributed by atoms with Crippen molar-refractivity contribution in [3.05, 3.63) is 58.1 Å². The molecular formula is C15H13BrF3NO. The Hall–Kier alpha value is -1.69. The predicted molar refractivity (Wildman–Crippen MR) is 79.5 cm³/mol. The van der Waals surface area contributed by atoms with Gasteiger partial charge in [-0.2, -0.15) is 13.2 Å². The summed E-state index contributed by atoms with van der Waals surface area (Å²) in [5, 5.41) is 2.82. The van der Waals surface area contributed by atoms with Crippen molar-refractivity contribution in [2.45, 2.75) is 12.7 Å². The van der Waals surface area contributed by atoms with Gasteiger partial charge in [0.05, 0.1) is 12.7 Å². The Morgan fingerprint density at radius 2 is 1.76 bits per heavy atom. The largest absolute Gasteiger partial charge is 0.497 e. The van der Waals surface area contributed by atoms with E-state index < -0.39 is 11.7 Å². The molecule has 0 bridgehead atoms. The van der Waals surface area contributed by atoms with Crippen molar-refractivity contribution in [1.29, 1.82) is 0 Å². The van der Waals surface area contributed by atoms with Crippen LogP contribution >= 0.6 is 15.9 Å². The molecule has 2 aromatic rings. The minimum absolute atomic E-state index is 0.0570. The molecule has 0 aliphatic rings. The number of methoxy groups -OCH3 is 1. The lowest BCUT2D eigenvalue weighted by Crippen LogP contribution is -2.10. The first-order valence-corrected chi connectivity index (χ1v) is 6.93. The van der Waals surface area contributed by atoms with Crippen LogP contribution in [0.2, 0.25) is 0 Å². The molecule has 0 radical (unpaired) electrons. The normalized spacial score (nSPS) is 11.3. The van der Waals surface area contributed by atoms with Crippen molar-refractivity contribution >= 4 is 21.6 Å². The zero-order valence-electron chi connectivity index (χ0n) is 11.2. The summed E-state index contributed by atoms with van der Waals surface area (Å²) in [7, 11) is 1.56. The second-order valence-corrected chi connectivity index (χ2v) is 5.30. The lowest BCUT2D eigenvalue weighted by atomic mass is 10.1. The van der Waals surface area contributed by atoms with Gasteiger partial charge in [0.2, 0.25) is 0 Å². The average Bonchev–Trinajstić information content (AvgIpc) is 2.45. The highest BCUT2D eigenvalue weighted by atomic mass is 79.9. The van der Waals surface area contributed by atoms with Gasteiger partial charge >= 0.3 is 6.18 Å². The average molecular weight is 360 g/mol. The van der Waals surface area contributed by atoms with Crippen LogP contribution in [0.3, 0.4) is 0 Å². The number of hydrogen-bond donors (Lipinski definition) is 1. The van der Waals surface area contributed by atoms with Crippen molar-refractivity contribution < 1.29 is 17.9 Å². The number of alkyl halides is 3. The topological polar surface area (TPSA) is 21.3 Å². The summed E-state index contributed by atoms with van der Waals surface area (Å²) >= 11 is 3.06. The van der Waals surface area contributed by atoms with Gasteiger partial charge in [-0.1, -0.05) is 28.1 Å². The number of anilines is 1. The van der Waals surface area contributed by atoms with Gasteiger partial charge in [0.25, 0.3) is 0 Å². The maximum Gasteiger partial charge on any atom is 0.418 e. The highest BCUT2D eigenvalue weighted by Crippen LogP contribution is 2.36. The van der Waals surface area contributed by atoms with E-state index in [1.165, 1.54) is 6.07 Å². The van der Waals surface area contributed by atoms with Crippen molar-refractivity contribution in [2.24, 2.45) is 0 Å². The first-order chi connectivity index (χ1) is 9.90. The third-order valence-electron chi connectivity index (χ3n) is 2.93. The van der Waals surface area contributed by atoms with E-state index in [0.29, 0.717) is 16.8 Å². The van der Waals surface area contributed by atoms with Gasteiger partial charge in [0, 0.05) is 16.7 Å². The fourth-order valence-electron chi connectivity index (χ4n) is 1.85. The minimum Gasteiger partial charge on any atom is -0.497 e. The molecule has 0 fully saturated rings. The summed E-state index contributed by atoms with van der Waals surface area (Å²) in [6, 6.07) is 11.2. The van der Waals surface area contributed by atoms with E-state index in [1.807, 2.05) is 0 Å². The first-order valence-electron chi connectivity index (χ1n) is 6.13. The molecule has 0 atom stereocenters. The number of nitrogens with one attached hydrogen (secondary N) is 1. The Balaban J connectivity index is 2.15. The summed E-state index contributed by atoms with van der Waals surface area (Å²) in [5.74, 6) is 0.707. The number of rotatable bonds is 4. The molecule has 2 rings (SSSR count). The lowest BCUT2D eigenvalue weighted by Gasteiger charge is -2.15. The van der Waals surface area contributed by atoms with Crippen molar-refractivity contribution in [3.63, 3.8) is 0 Å². The summed E-state index contributed by atoms with van der Waals surface area (Å²) < 4.78 is 44.4. The van der Waals surface area contributed by atoms with Gasteiger partial charge in [-0.05, 0) is 35.9 Å². The minimum atomic E-state index is -4.40. The molecule has 1 N–H and O–H groups in total. The van der Waals surface area contributed by atoms with Crippen LogP contribution in [-0.2, 0) is 12.7 Å². The smallest absolute Gasteiger partial charge is 0.418 e. The van der Waals surface area contributed by atoms with Gasteiger partial charge in [0.1, 0.15) is 5.75 Å². The Morgan fingerprint density at radius 3 is 2.33 bits per heavy atom. The molecule has 6 heteroatoms. The van der Waals surface area contributed by atoms with E-state index in [0.717, 1.165) is 11.6 Å². The third kappa shape index (κ3) is 4.14. The molecule has 0 unspecified atom stereocenters. The number of ether oxygens (including phenoxy) is 1. The first kappa shape index (κ1) is 15.7. The molecule has 0 aliphatic carbocycles. The Labute approximate surface area is 129 Å². The van der Waals surface area contributed by atoms with E-state index >= 15 is 0 Å². The number of hydrogen-bond acceptors (Lipinski definition) is 2. The van der Waals surface area contributed by atoms with Gasteiger partial charge in [-0.15, -0.1) is 0 Å².